The van der Waals surface area contributed by atoms with Gasteiger partial charge in [0.2, 0.25) is 11.6 Å². The normalized spacial score (nSPS) is 17.6. The first kappa shape index (κ1) is 26.5. The van der Waals surface area contributed by atoms with Gasteiger partial charge < -0.3 is 14.4 Å². The molecule has 0 N–H and O–H groups in total. The number of Topliss-reactive ketones (excluding diaryl/α,β-unsaturated/α-hetero) is 3. The standard InChI is InChI=1S/C34H26ClNO5/c1-40-27-19-23-17-18-36-30(32(38)22-11-7-4-8-12-22)29(31(37)21-9-5-3-6-10-21)33(39)34(36,26(23)20-28(27)41-2)24-13-15-25(35)16-14-24/h3-16,19-20H,17-18H2,1-2H3. The van der Waals surface area contributed by atoms with Gasteiger partial charge in [-0.15, -0.1) is 0 Å². The highest BCUT2D eigenvalue weighted by atomic mass is 35.5. The Morgan fingerprint density at radius 2 is 1.34 bits per heavy atom. The first-order chi connectivity index (χ1) is 19.9. The molecule has 6 nitrogen and oxygen atoms in total. The van der Waals surface area contributed by atoms with Crippen LogP contribution in [0, 0.1) is 0 Å². The average Bonchev–Trinajstić information content (AvgIpc) is 3.29. The van der Waals surface area contributed by atoms with Gasteiger partial charge in [-0.05, 0) is 47.4 Å². The van der Waals surface area contributed by atoms with Gasteiger partial charge in [0.15, 0.2) is 22.8 Å². The zero-order valence-electron chi connectivity index (χ0n) is 22.5. The minimum Gasteiger partial charge on any atom is -0.493 e. The quantitative estimate of drug-likeness (QED) is 0.201. The Bertz CT molecular complexity index is 1710. The van der Waals surface area contributed by atoms with Crippen LogP contribution in [0.3, 0.4) is 0 Å². The van der Waals surface area contributed by atoms with Crippen LogP contribution in [0.15, 0.2) is 108 Å². The third-order valence-corrected chi connectivity index (χ3v) is 8.10. The summed E-state index contributed by atoms with van der Waals surface area (Å²) in [5.41, 5.74) is 1.25. The molecular weight excluding hydrogens is 538 g/mol. The van der Waals surface area contributed by atoms with Crippen molar-refractivity contribution in [2.45, 2.75) is 12.0 Å². The van der Waals surface area contributed by atoms with E-state index in [4.69, 9.17) is 21.1 Å². The highest BCUT2D eigenvalue weighted by Crippen LogP contribution is 2.53. The Kier molecular flexibility index (Phi) is 6.72. The molecule has 0 saturated heterocycles. The highest BCUT2D eigenvalue weighted by Gasteiger charge is 2.60. The molecule has 1 atom stereocenters. The number of hydrogen-bond acceptors (Lipinski definition) is 6. The van der Waals surface area contributed by atoms with Crippen molar-refractivity contribution in [1.29, 1.82) is 0 Å². The van der Waals surface area contributed by atoms with Gasteiger partial charge in [-0.25, -0.2) is 0 Å². The van der Waals surface area contributed by atoms with Crippen molar-refractivity contribution in [3.8, 4) is 11.5 Å². The van der Waals surface area contributed by atoms with Crippen LogP contribution in [0.1, 0.15) is 37.4 Å². The summed E-state index contributed by atoms with van der Waals surface area (Å²) in [6.45, 7) is 0.316. The number of carbonyl (C=O) groups excluding carboxylic acids is 3. The smallest absolute Gasteiger partial charge is 0.209 e. The summed E-state index contributed by atoms with van der Waals surface area (Å²) in [7, 11) is 3.09. The fourth-order valence-electron chi connectivity index (χ4n) is 6.00. The molecule has 7 heteroatoms. The lowest BCUT2D eigenvalue weighted by molar-refractivity contribution is -0.122. The van der Waals surface area contributed by atoms with Crippen LogP contribution < -0.4 is 9.47 Å². The summed E-state index contributed by atoms with van der Waals surface area (Å²) in [6.07, 6.45) is 0.511. The van der Waals surface area contributed by atoms with E-state index in [1.165, 1.54) is 7.11 Å². The van der Waals surface area contributed by atoms with Crippen LogP contribution >= 0.6 is 11.6 Å². The lowest BCUT2D eigenvalue weighted by atomic mass is 9.73. The van der Waals surface area contributed by atoms with Gasteiger partial charge in [0, 0.05) is 22.7 Å². The lowest BCUT2D eigenvalue weighted by Gasteiger charge is -2.45. The van der Waals surface area contributed by atoms with Crippen molar-refractivity contribution < 1.29 is 23.9 Å². The van der Waals surface area contributed by atoms with Crippen molar-refractivity contribution in [3.63, 3.8) is 0 Å². The van der Waals surface area contributed by atoms with Crippen molar-refractivity contribution in [2.75, 3.05) is 20.8 Å². The molecule has 0 spiro atoms. The summed E-state index contributed by atoms with van der Waals surface area (Å²) >= 11 is 6.28. The van der Waals surface area contributed by atoms with Crippen LogP contribution in [-0.2, 0) is 16.8 Å². The number of halogens is 1. The molecule has 0 amide bonds. The van der Waals surface area contributed by atoms with Gasteiger partial charge in [0.05, 0.1) is 19.8 Å². The van der Waals surface area contributed by atoms with E-state index in [2.05, 4.69) is 0 Å². The molecule has 2 heterocycles. The van der Waals surface area contributed by atoms with Crippen molar-refractivity contribution in [1.82, 2.24) is 4.90 Å². The number of benzene rings is 4. The molecule has 2 aliphatic heterocycles. The SMILES string of the molecule is COc1cc2c(cc1OC)C1(c3ccc(Cl)cc3)C(=O)C(C(=O)c3ccccc3)=C(C(=O)c3ccccc3)N1CC2. The number of fused-ring (bicyclic) bond motifs is 3. The number of methoxy groups -OCH3 is 2. The van der Waals surface area contributed by atoms with E-state index < -0.39 is 22.9 Å². The van der Waals surface area contributed by atoms with Gasteiger partial charge in [0.25, 0.3) is 0 Å². The first-order valence-electron chi connectivity index (χ1n) is 13.2. The van der Waals surface area contributed by atoms with E-state index in [9.17, 15) is 9.59 Å². The Labute approximate surface area is 242 Å². The van der Waals surface area contributed by atoms with Crippen LogP contribution in [0.4, 0.5) is 0 Å². The molecule has 1 unspecified atom stereocenters. The molecule has 0 radical (unpaired) electrons. The highest BCUT2D eigenvalue weighted by molar-refractivity contribution is 6.35. The Morgan fingerprint density at radius 3 is 1.93 bits per heavy atom. The minimum absolute atomic E-state index is 0.0884. The van der Waals surface area contributed by atoms with Gasteiger partial charge in [-0.3, -0.25) is 14.4 Å². The summed E-state index contributed by atoms with van der Waals surface area (Å²) in [5.74, 6) is -0.391. The summed E-state index contributed by atoms with van der Waals surface area (Å²) in [6, 6.07) is 27.9. The monoisotopic (exact) mass is 563 g/mol. The maximum Gasteiger partial charge on any atom is 0.209 e. The van der Waals surface area contributed by atoms with Gasteiger partial charge in [0.1, 0.15) is 5.70 Å². The molecule has 204 valence electrons. The summed E-state index contributed by atoms with van der Waals surface area (Å²) in [5, 5.41) is 0.500. The van der Waals surface area contributed by atoms with E-state index >= 15 is 4.79 Å². The summed E-state index contributed by atoms with van der Waals surface area (Å²) in [4.78, 5) is 45.3. The second-order valence-electron chi connectivity index (χ2n) is 9.93. The fraction of sp³-hybridized carbons (Fsp3) is 0.147. The molecule has 41 heavy (non-hydrogen) atoms. The number of nitrogens with zero attached hydrogens (tertiary/aromatic N) is 1. The Morgan fingerprint density at radius 1 is 0.780 bits per heavy atom. The van der Waals surface area contributed by atoms with Gasteiger partial charge in [-0.1, -0.05) is 84.4 Å². The van der Waals surface area contributed by atoms with Crippen LogP contribution in [-0.4, -0.2) is 43.0 Å². The molecule has 0 aliphatic carbocycles. The number of carbonyl (C=O) groups is 3. The zero-order valence-corrected chi connectivity index (χ0v) is 23.3. The van der Waals surface area contributed by atoms with Crippen molar-refractivity contribution in [3.05, 3.63) is 141 Å². The van der Waals surface area contributed by atoms with E-state index in [1.54, 1.807) is 96.9 Å². The molecule has 0 saturated carbocycles. The molecule has 2 aliphatic rings. The largest absolute Gasteiger partial charge is 0.493 e. The fourth-order valence-corrected chi connectivity index (χ4v) is 6.12. The number of rotatable bonds is 7. The van der Waals surface area contributed by atoms with Gasteiger partial charge in [-0.2, -0.15) is 0 Å². The predicted molar refractivity (Wildman–Crippen MR) is 156 cm³/mol. The first-order valence-corrected chi connectivity index (χ1v) is 13.6. The van der Waals surface area contributed by atoms with Crippen molar-refractivity contribution >= 4 is 29.0 Å². The van der Waals surface area contributed by atoms with E-state index in [-0.39, 0.29) is 11.3 Å². The van der Waals surface area contributed by atoms with Crippen LogP contribution in [0.2, 0.25) is 5.02 Å². The second kappa shape index (κ2) is 10.4. The minimum atomic E-state index is -1.50. The van der Waals surface area contributed by atoms with Crippen LogP contribution in [0.5, 0.6) is 11.5 Å². The van der Waals surface area contributed by atoms with Gasteiger partial charge >= 0.3 is 0 Å². The average molecular weight is 564 g/mol. The van der Waals surface area contributed by atoms with E-state index in [0.29, 0.717) is 51.7 Å². The number of hydrogen-bond donors (Lipinski definition) is 0. The maximum atomic E-state index is 15.0. The van der Waals surface area contributed by atoms with E-state index in [1.807, 2.05) is 12.1 Å². The molecule has 4 aromatic rings. The maximum absolute atomic E-state index is 15.0. The molecule has 0 bridgehead atoms. The van der Waals surface area contributed by atoms with Crippen molar-refractivity contribution in [2.24, 2.45) is 0 Å². The molecule has 0 aromatic heterocycles. The molecular formula is C34H26ClNO5. The van der Waals surface area contributed by atoms with Crippen LogP contribution in [0.25, 0.3) is 0 Å². The third kappa shape index (κ3) is 4.06. The van der Waals surface area contributed by atoms with E-state index in [0.717, 1.165) is 5.56 Å². The topological polar surface area (TPSA) is 72.9 Å². The number of ether oxygens (including phenoxy) is 2. The summed E-state index contributed by atoms with van der Waals surface area (Å²) < 4.78 is 11.2. The lowest BCUT2D eigenvalue weighted by Crippen LogP contribution is -2.52. The Hall–Kier alpha value is -4.68. The number of ketones is 3. The predicted octanol–water partition coefficient (Wildman–Crippen LogP) is 6.06. The molecule has 6 rings (SSSR count). The Balaban J connectivity index is 1.68. The third-order valence-electron chi connectivity index (χ3n) is 7.85. The molecule has 4 aromatic carbocycles. The zero-order chi connectivity index (χ0) is 28.7. The second-order valence-corrected chi connectivity index (χ2v) is 10.4. The number of allylic oxidation sites excluding steroid dienone is 1. The molecule has 0 fully saturated rings.